The van der Waals surface area contributed by atoms with Crippen LogP contribution in [-0.4, -0.2) is 11.8 Å². The Morgan fingerprint density at radius 2 is 1.67 bits per heavy atom. The Morgan fingerprint density at radius 1 is 1.00 bits per heavy atom. The minimum Gasteiger partial charge on any atom is -0.274 e. The first-order valence-electron chi connectivity index (χ1n) is 6.85. The SMILES string of the molecule is C=Cc1ccccc1N1C(=O)CC(c2ccccc2)C1=O. The van der Waals surface area contributed by atoms with Crippen molar-refractivity contribution in [1.82, 2.24) is 0 Å². The number of hydrogen-bond donors (Lipinski definition) is 0. The van der Waals surface area contributed by atoms with E-state index in [0.29, 0.717) is 5.69 Å². The van der Waals surface area contributed by atoms with E-state index in [1.807, 2.05) is 48.5 Å². The largest absolute Gasteiger partial charge is 0.274 e. The van der Waals surface area contributed by atoms with Gasteiger partial charge < -0.3 is 0 Å². The zero-order valence-corrected chi connectivity index (χ0v) is 11.5. The number of carbonyl (C=O) groups excluding carboxylic acids is 2. The highest BCUT2D eigenvalue weighted by Gasteiger charge is 2.40. The molecule has 104 valence electrons. The lowest BCUT2D eigenvalue weighted by atomic mass is 9.98. The quantitative estimate of drug-likeness (QED) is 0.807. The molecule has 2 amide bonds. The molecule has 0 bridgehead atoms. The number of imide groups is 1. The van der Waals surface area contributed by atoms with Crippen molar-refractivity contribution in [2.24, 2.45) is 0 Å². The Morgan fingerprint density at radius 3 is 2.38 bits per heavy atom. The molecule has 1 saturated heterocycles. The van der Waals surface area contributed by atoms with Crippen molar-refractivity contribution in [2.45, 2.75) is 12.3 Å². The summed E-state index contributed by atoms with van der Waals surface area (Å²) in [6.45, 7) is 3.74. The summed E-state index contributed by atoms with van der Waals surface area (Å²) >= 11 is 0. The molecule has 2 aromatic carbocycles. The van der Waals surface area contributed by atoms with Gasteiger partial charge in [-0.2, -0.15) is 0 Å². The fraction of sp³-hybridized carbons (Fsp3) is 0.111. The molecule has 1 aliphatic heterocycles. The average molecular weight is 277 g/mol. The molecule has 0 radical (unpaired) electrons. The molecule has 0 aromatic heterocycles. The summed E-state index contributed by atoms with van der Waals surface area (Å²) in [6, 6.07) is 16.7. The number of hydrogen-bond acceptors (Lipinski definition) is 2. The fourth-order valence-electron chi connectivity index (χ4n) is 2.69. The van der Waals surface area contributed by atoms with Gasteiger partial charge in [0.05, 0.1) is 11.6 Å². The van der Waals surface area contributed by atoms with Crippen LogP contribution in [0.5, 0.6) is 0 Å². The molecule has 0 aliphatic carbocycles. The van der Waals surface area contributed by atoms with Gasteiger partial charge in [-0.05, 0) is 17.2 Å². The van der Waals surface area contributed by atoms with E-state index in [9.17, 15) is 9.59 Å². The zero-order valence-electron chi connectivity index (χ0n) is 11.5. The van der Waals surface area contributed by atoms with Gasteiger partial charge in [0, 0.05) is 6.42 Å². The molecule has 1 fully saturated rings. The molecule has 3 rings (SSSR count). The van der Waals surface area contributed by atoms with Crippen LogP contribution in [0.2, 0.25) is 0 Å². The summed E-state index contributed by atoms with van der Waals surface area (Å²) in [6.07, 6.45) is 1.88. The Bertz CT molecular complexity index is 706. The molecule has 0 saturated carbocycles. The third kappa shape index (κ3) is 2.27. The number of rotatable bonds is 3. The zero-order chi connectivity index (χ0) is 14.8. The van der Waals surface area contributed by atoms with Gasteiger partial charge in [-0.3, -0.25) is 9.59 Å². The summed E-state index contributed by atoms with van der Waals surface area (Å²) in [5.41, 5.74) is 2.28. The van der Waals surface area contributed by atoms with E-state index in [2.05, 4.69) is 6.58 Å². The molecule has 1 aliphatic rings. The summed E-state index contributed by atoms with van der Waals surface area (Å²) < 4.78 is 0. The highest BCUT2D eigenvalue weighted by Crippen LogP contribution is 2.34. The van der Waals surface area contributed by atoms with E-state index < -0.39 is 5.92 Å². The first-order valence-corrected chi connectivity index (χ1v) is 6.85. The van der Waals surface area contributed by atoms with Crippen LogP contribution in [0.1, 0.15) is 23.5 Å². The molecular formula is C18H15NO2. The number of anilines is 1. The van der Waals surface area contributed by atoms with Crippen molar-refractivity contribution in [2.75, 3.05) is 4.90 Å². The summed E-state index contributed by atoms with van der Waals surface area (Å²) in [7, 11) is 0. The Kier molecular flexibility index (Phi) is 3.40. The molecule has 0 spiro atoms. The van der Waals surface area contributed by atoms with Crippen LogP contribution in [0.4, 0.5) is 5.69 Å². The lowest BCUT2D eigenvalue weighted by Crippen LogP contribution is -2.30. The number of para-hydroxylation sites is 1. The van der Waals surface area contributed by atoms with Crippen molar-refractivity contribution >= 4 is 23.6 Å². The van der Waals surface area contributed by atoms with Crippen molar-refractivity contribution in [1.29, 1.82) is 0 Å². The monoisotopic (exact) mass is 277 g/mol. The minimum atomic E-state index is -0.392. The van der Waals surface area contributed by atoms with E-state index in [1.165, 1.54) is 4.90 Å². The molecule has 1 heterocycles. The van der Waals surface area contributed by atoms with Crippen LogP contribution < -0.4 is 4.90 Å². The van der Waals surface area contributed by atoms with Crippen LogP contribution in [0.25, 0.3) is 6.08 Å². The maximum Gasteiger partial charge on any atom is 0.241 e. The van der Waals surface area contributed by atoms with Crippen LogP contribution in [0.15, 0.2) is 61.2 Å². The third-order valence-corrected chi connectivity index (χ3v) is 3.75. The van der Waals surface area contributed by atoms with Crippen LogP contribution in [-0.2, 0) is 9.59 Å². The molecule has 1 atom stereocenters. The van der Waals surface area contributed by atoms with E-state index in [0.717, 1.165) is 11.1 Å². The molecule has 0 N–H and O–H groups in total. The van der Waals surface area contributed by atoms with Crippen molar-refractivity contribution in [3.63, 3.8) is 0 Å². The highest BCUT2D eigenvalue weighted by molar-refractivity contribution is 6.23. The van der Waals surface area contributed by atoms with Gasteiger partial charge in [0.2, 0.25) is 11.8 Å². The van der Waals surface area contributed by atoms with Crippen molar-refractivity contribution < 1.29 is 9.59 Å². The normalized spacial score (nSPS) is 18.1. The van der Waals surface area contributed by atoms with Crippen LogP contribution >= 0.6 is 0 Å². The predicted molar refractivity (Wildman–Crippen MR) is 82.8 cm³/mol. The van der Waals surface area contributed by atoms with Crippen LogP contribution in [0.3, 0.4) is 0 Å². The number of nitrogens with zero attached hydrogens (tertiary/aromatic N) is 1. The van der Waals surface area contributed by atoms with Gasteiger partial charge in [0.25, 0.3) is 0 Å². The summed E-state index contributed by atoms with van der Waals surface area (Å²) in [4.78, 5) is 26.2. The smallest absolute Gasteiger partial charge is 0.241 e. The van der Waals surface area contributed by atoms with E-state index in [4.69, 9.17) is 0 Å². The van der Waals surface area contributed by atoms with Gasteiger partial charge in [0.15, 0.2) is 0 Å². The Labute approximate surface area is 123 Å². The molecule has 1 unspecified atom stereocenters. The maximum absolute atomic E-state index is 12.7. The van der Waals surface area contributed by atoms with Crippen molar-refractivity contribution in [3.05, 3.63) is 72.3 Å². The fourth-order valence-corrected chi connectivity index (χ4v) is 2.69. The second kappa shape index (κ2) is 5.37. The number of carbonyl (C=O) groups is 2. The first kappa shape index (κ1) is 13.3. The van der Waals surface area contributed by atoms with Crippen molar-refractivity contribution in [3.8, 4) is 0 Å². The summed E-state index contributed by atoms with van der Waals surface area (Å²) in [5, 5.41) is 0. The predicted octanol–water partition coefficient (Wildman–Crippen LogP) is 3.38. The topological polar surface area (TPSA) is 37.4 Å². The molecule has 2 aromatic rings. The Hall–Kier alpha value is -2.68. The lowest BCUT2D eigenvalue weighted by Gasteiger charge is -2.17. The average Bonchev–Trinajstić information content (AvgIpc) is 2.83. The van der Waals surface area contributed by atoms with Gasteiger partial charge in [-0.1, -0.05) is 61.2 Å². The first-order chi connectivity index (χ1) is 10.2. The molecular weight excluding hydrogens is 262 g/mol. The minimum absolute atomic E-state index is 0.164. The maximum atomic E-state index is 12.7. The number of benzene rings is 2. The van der Waals surface area contributed by atoms with Gasteiger partial charge in [0.1, 0.15) is 0 Å². The van der Waals surface area contributed by atoms with E-state index >= 15 is 0 Å². The highest BCUT2D eigenvalue weighted by atomic mass is 16.2. The Balaban J connectivity index is 2.00. The molecule has 3 nitrogen and oxygen atoms in total. The third-order valence-electron chi connectivity index (χ3n) is 3.75. The lowest BCUT2D eigenvalue weighted by molar-refractivity contribution is -0.121. The van der Waals surface area contributed by atoms with Gasteiger partial charge >= 0.3 is 0 Å². The van der Waals surface area contributed by atoms with Gasteiger partial charge in [-0.15, -0.1) is 0 Å². The van der Waals surface area contributed by atoms with E-state index in [-0.39, 0.29) is 18.2 Å². The molecule has 3 heteroatoms. The number of amides is 2. The van der Waals surface area contributed by atoms with Gasteiger partial charge in [-0.25, -0.2) is 4.90 Å². The standard InChI is InChI=1S/C18H15NO2/c1-2-13-8-6-7-11-16(13)19-17(20)12-15(18(19)21)14-9-4-3-5-10-14/h2-11,15H,1,12H2. The second-order valence-electron chi connectivity index (χ2n) is 5.00. The van der Waals surface area contributed by atoms with Crippen LogP contribution in [0, 0.1) is 0 Å². The summed E-state index contributed by atoms with van der Waals surface area (Å²) in [5.74, 6) is -0.722. The molecule has 21 heavy (non-hydrogen) atoms. The second-order valence-corrected chi connectivity index (χ2v) is 5.00. The van der Waals surface area contributed by atoms with E-state index in [1.54, 1.807) is 12.1 Å².